The second-order valence-electron chi connectivity index (χ2n) is 3.00. The average Bonchev–Trinajstić information content (AvgIpc) is 2.36. The molecule has 0 fully saturated rings. The summed E-state index contributed by atoms with van der Waals surface area (Å²) in [6.45, 7) is 1.96. The maximum atomic E-state index is 11.1. The molecule has 0 heterocycles. The molecule has 0 saturated carbocycles. The SMILES string of the molecule is CCOC(=O)C(Cl)N=Nc1ccc(OC)cc1. The molecule has 0 bridgehead atoms. The van der Waals surface area contributed by atoms with Gasteiger partial charge in [-0.25, -0.2) is 4.79 Å². The first-order valence-electron chi connectivity index (χ1n) is 5.03. The van der Waals surface area contributed by atoms with E-state index in [0.717, 1.165) is 5.75 Å². The number of rotatable bonds is 5. The lowest BCUT2D eigenvalue weighted by Crippen LogP contribution is -2.14. The highest BCUT2D eigenvalue weighted by molar-refractivity contribution is 6.29. The lowest BCUT2D eigenvalue weighted by molar-refractivity contribution is -0.142. The topological polar surface area (TPSA) is 60.2 Å². The molecule has 1 aromatic rings. The molecule has 0 aliphatic heterocycles. The molecule has 0 spiro atoms. The second-order valence-corrected chi connectivity index (χ2v) is 3.41. The van der Waals surface area contributed by atoms with Crippen molar-refractivity contribution in [2.24, 2.45) is 10.2 Å². The van der Waals surface area contributed by atoms with Crippen molar-refractivity contribution in [2.75, 3.05) is 13.7 Å². The van der Waals surface area contributed by atoms with E-state index in [-0.39, 0.29) is 6.61 Å². The van der Waals surface area contributed by atoms with Crippen LogP contribution in [0.25, 0.3) is 0 Å². The van der Waals surface area contributed by atoms with Crippen molar-refractivity contribution in [3.05, 3.63) is 24.3 Å². The number of esters is 1. The number of azo groups is 1. The Hall–Kier alpha value is -1.62. The monoisotopic (exact) mass is 256 g/mol. The highest BCUT2D eigenvalue weighted by Gasteiger charge is 2.14. The van der Waals surface area contributed by atoms with Crippen molar-refractivity contribution in [3.63, 3.8) is 0 Å². The van der Waals surface area contributed by atoms with Gasteiger partial charge in [0, 0.05) is 0 Å². The van der Waals surface area contributed by atoms with Gasteiger partial charge in [-0.2, -0.15) is 10.2 Å². The largest absolute Gasteiger partial charge is 0.497 e. The summed E-state index contributed by atoms with van der Waals surface area (Å²) in [6.07, 6.45) is 0. The summed E-state index contributed by atoms with van der Waals surface area (Å²) in [6, 6.07) is 6.89. The minimum Gasteiger partial charge on any atom is -0.497 e. The summed E-state index contributed by atoms with van der Waals surface area (Å²) in [5, 5.41) is 7.47. The summed E-state index contributed by atoms with van der Waals surface area (Å²) in [5.41, 5.74) is -0.530. The number of nitrogens with zero attached hydrogens (tertiary/aromatic N) is 2. The van der Waals surface area contributed by atoms with Gasteiger partial charge in [0.2, 0.25) is 5.50 Å². The van der Waals surface area contributed by atoms with Crippen LogP contribution in [0.15, 0.2) is 34.5 Å². The molecule has 0 N–H and O–H groups in total. The molecule has 1 rings (SSSR count). The number of hydrogen-bond acceptors (Lipinski definition) is 5. The van der Waals surface area contributed by atoms with Gasteiger partial charge in [-0.05, 0) is 31.2 Å². The van der Waals surface area contributed by atoms with Crippen molar-refractivity contribution in [3.8, 4) is 5.75 Å². The van der Waals surface area contributed by atoms with E-state index in [0.29, 0.717) is 5.69 Å². The maximum Gasteiger partial charge on any atom is 0.348 e. The average molecular weight is 257 g/mol. The summed E-state index contributed by atoms with van der Waals surface area (Å²) in [4.78, 5) is 11.1. The number of hydrogen-bond donors (Lipinski definition) is 0. The number of carbonyl (C=O) groups excluding carboxylic acids is 1. The van der Waals surface area contributed by atoms with Crippen molar-refractivity contribution in [1.29, 1.82) is 0 Å². The van der Waals surface area contributed by atoms with Crippen LogP contribution in [0.3, 0.4) is 0 Å². The molecule has 0 amide bonds. The molecular weight excluding hydrogens is 244 g/mol. The van der Waals surface area contributed by atoms with E-state index in [4.69, 9.17) is 16.3 Å². The van der Waals surface area contributed by atoms with Crippen LogP contribution in [0.4, 0.5) is 5.69 Å². The minimum absolute atomic E-state index is 0.264. The standard InChI is InChI=1S/C11H13ClN2O3/c1-3-17-11(15)10(12)14-13-8-4-6-9(16-2)7-5-8/h4-7,10H,3H2,1-2H3. The molecule has 5 nitrogen and oxygen atoms in total. The highest BCUT2D eigenvalue weighted by Crippen LogP contribution is 2.18. The number of methoxy groups -OCH3 is 1. The van der Waals surface area contributed by atoms with Gasteiger partial charge in [-0.3, -0.25) is 0 Å². The molecule has 0 aliphatic rings. The van der Waals surface area contributed by atoms with Crippen molar-refractivity contribution >= 4 is 23.3 Å². The summed E-state index contributed by atoms with van der Waals surface area (Å²) in [7, 11) is 1.58. The number of ether oxygens (including phenoxy) is 2. The lowest BCUT2D eigenvalue weighted by Gasteiger charge is -2.02. The Balaban J connectivity index is 2.60. The van der Waals surface area contributed by atoms with E-state index in [2.05, 4.69) is 15.0 Å². The molecule has 92 valence electrons. The van der Waals surface area contributed by atoms with E-state index in [1.54, 1.807) is 38.3 Å². The predicted molar refractivity (Wildman–Crippen MR) is 63.8 cm³/mol. The van der Waals surface area contributed by atoms with Crippen molar-refractivity contribution in [2.45, 2.75) is 12.4 Å². The molecule has 0 radical (unpaired) electrons. The molecule has 0 aliphatic carbocycles. The Morgan fingerprint density at radius 1 is 1.41 bits per heavy atom. The van der Waals surface area contributed by atoms with Crippen LogP contribution in [0, 0.1) is 0 Å². The Kier molecular flexibility index (Phi) is 5.42. The van der Waals surface area contributed by atoms with Crippen LogP contribution in [0.2, 0.25) is 0 Å². The molecule has 0 aromatic heterocycles. The van der Waals surface area contributed by atoms with Crippen LogP contribution < -0.4 is 4.74 Å². The predicted octanol–water partition coefficient (Wildman–Crippen LogP) is 2.91. The van der Waals surface area contributed by atoms with E-state index in [1.807, 2.05) is 0 Å². The summed E-state index contributed by atoms with van der Waals surface area (Å²) >= 11 is 5.66. The van der Waals surface area contributed by atoms with Crippen LogP contribution in [0.5, 0.6) is 5.75 Å². The molecule has 17 heavy (non-hydrogen) atoms. The van der Waals surface area contributed by atoms with Gasteiger partial charge in [0.05, 0.1) is 19.4 Å². The summed E-state index contributed by atoms with van der Waals surface area (Å²) in [5.74, 6) is 0.114. The van der Waals surface area contributed by atoms with Gasteiger partial charge in [-0.1, -0.05) is 11.6 Å². The molecular formula is C11H13ClN2O3. The Morgan fingerprint density at radius 3 is 2.59 bits per heavy atom. The number of carbonyl (C=O) groups is 1. The third kappa shape index (κ3) is 4.40. The Morgan fingerprint density at radius 2 is 2.06 bits per heavy atom. The normalized spacial score (nSPS) is 12.4. The van der Waals surface area contributed by atoms with E-state index in [9.17, 15) is 4.79 Å². The highest BCUT2D eigenvalue weighted by atomic mass is 35.5. The first-order valence-corrected chi connectivity index (χ1v) is 5.46. The Labute approximate surface area is 104 Å². The third-order valence-electron chi connectivity index (χ3n) is 1.83. The third-order valence-corrected chi connectivity index (χ3v) is 2.09. The minimum atomic E-state index is -1.11. The zero-order chi connectivity index (χ0) is 12.7. The van der Waals surface area contributed by atoms with Crippen LogP contribution >= 0.6 is 11.6 Å². The number of alkyl halides is 1. The second kappa shape index (κ2) is 6.85. The van der Waals surface area contributed by atoms with Crippen LogP contribution in [-0.4, -0.2) is 25.2 Å². The zero-order valence-corrected chi connectivity index (χ0v) is 10.3. The van der Waals surface area contributed by atoms with Crippen LogP contribution in [0.1, 0.15) is 6.92 Å². The van der Waals surface area contributed by atoms with E-state index >= 15 is 0 Å². The zero-order valence-electron chi connectivity index (χ0n) is 9.59. The fraction of sp³-hybridized carbons (Fsp3) is 0.364. The lowest BCUT2D eigenvalue weighted by atomic mass is 10.3. The van der Waals surface area contributed by atoms with Crippen molar-refractivity contribution < 1.29 is 14.3 Å². The first-order chi connectivity index (χ1) is 8.17. The summed E-state index contributed by atoms with van der Waals surface area (Å²) < 4.78 is 9.68. The maximum absolute atomic E-state index is 11.1. The molecule has 6 heteroatoms. The van der Waals surface area contributed by atoms with E-state index in [1.165, 1.54) is 0 Å². The molecule has 1 aromatic carbocycles. The smallest absolute Gasteiger partial charge is 0.348 e. The van der Waals surface area contributed by atoms with Gasteiger partial charge < -0.3 is 9.47 Å². The Bertz CT molecular complexity index is 392. The van der Waals surface area contributed by atoms with Crippen LogP contribution in [-0.2, 0) is 9.53 Å². The quantitative estimate of drug-likeness (QED) is 0.352. The van der Waals surface area contributed by atoms with Gasteiger partial charge in [-0.15, -0.1) is 0 Å². The molecule has 1 atom stereocenters. The van der Waals surface area contributed by atoms with E-state index < -0.39 is 11.5 Å². The van der Waals surface area contributed by atoms with Gasteiger partial charge in [0.15, 0.2) is 0 Å². The molecule has 1 unspecified atom stereocenters. The fourth-order valence-corrected chi connectivity index (χ4v) is 1.13. The first kappa shape index (κ1) is 13.4. The van der Waals surface area contributed by atoms with Crippen molar-refractivity contribution in [1.82, 2.24) is 0 Å². The number of halogens is 1. The van der Waals surface area contributed by atoms with Gasteiger partial charge in [0.25, 0.3) is 0 Å². The molecule has 0 saturated heterocycles. The van der Waals surface area contributed by atoms with Gasteiger partial charge in [0.1, 0.15) is 5.75 Å². The van der Waals surface area contributed by atoms with Gasteiger partial charge >= 0.3 is 5.97 Å². The number of benzene rings is 1. The fourth-order valence-electron chi connectivity index (χ4n) is 1.02.